The minimum atomic E-state index is -0.336. The van der Waals surface area contributed by atoms with Gasteiger partial charge in [0.15, 0.2) is 0 Å². The molecule has 0 unspecified atom stereocenters. The molecule has 0 spiro atoms. The highest BCUT2D eigenvalue weighted by Gasteiger charge is 2.34. The molecule has 0 bridgehead atoms. The zero-order chi connectivity index (χ0) is 18.0. The van der Waals surface area contributed by atoms with Gasteiger partial charge in [0.05, 0.1) is 5.92 Å². The Morgan fingerprint density at radius 1 is 1.20 bits per heavy atom. The summed E-state index contributed by atoms with van der Waals surface area (Å²) in [5.41, 5.74) is 3.97. The molecule has 3 rings (SSSR count). The second-order valence-corrected chi connectivity index (χ2v) is 6.96. The van der Waals surface area contributed by atoms with Gasteiger partial charge in [-0.1, -0.05) is 35.9 Å². The van der Waals surface area contributed by atoms with Crippen molar-refractivity contribution in [2.24, 2.45) is 5.92 Å². The Morgan fingerprint density at radius 2 is 1.96 bits per heavy atom. The fourth-order valence-electron chi connectivity index (χ4n) is 3.00. The predicted molar refractivity (Wildman–Crippen MR) is 99.5 cm³/mol. The lowest BCUT2D eigenvalue weighted by Gasteiger charge is -2.17. The van der Waals surface area contributed by atoms with Crippen LogP contribution in [0.4, 0.5) is 5.69 Å². The number of carbonyl (C=O) groups is 2. The molecular weight excluding hydrogens is 336 g/mol. The maximum Gasteiger partial charge on any atom is 0.229 e. The molecule has 1 aliphatic heterocycles. The Balaban J connectivity index is 1.64. The van der Waals surface area contributed by atoms with Gasteiger partial charge in [-0.25, -0.2) is 0 Å². The summed E-state index contributed by atoms with van der Waals surface area (Å²) >= 11 is 6.17. The van der Waals surface area contributed by atoms with Crippen molar-refractivity contribution in [1.82, 2.24) is 4.90 Å². The quantitative estimate of drug-likeness (QED) is 0.901. The van der Waals surface area contributed by atoms with Gasteiger partial charge in [-0.2, -0.15) is 0 Å². The minimum absolute atomic E-state index is 0.0137. The molecule has 1 N–H and O–H groups in total. The van der Waals surface area contributed by atoms with Gasteiger partial charge < -0.3 is 10.2 Å². The summed E-state index contributed by atoms with van der Waals surface area (Å²) in [4.78, 5) is 26.5. The summed E-state index contributed by atoms with van der Waals surface area (Å²) in [6.07, 6.45) is 0.237. The molecule has 2 aromatic carbocycles. The third kappa shape index (κ3) is 4.02. The van der Waals surface area contributed by atoms with Gasteiger partial charge in [0.1, 0.15) is 0 Å². The van der Waals surface area contributed by atoms with E-state index in [1.165, 1.54) is 5.56 Å². The van der Waals surface area contributed by atoms with Gasteiger partial charge >= 0.3 is 0 Å². The highest BCUT2D eigenvalue weighted by Crippen LogP contribution is 2.25. The lowest BCUT2D eigenvalue weighted by atomic mass is 10.1. The molecule has 1 fully saturated rings. The maximum atomic E-state index is 12.5. The molecule has 1 atom stereocenters. The molecule has 25 heavy (non-hydrogen) atoms. The maximum absolute atomic E-state index is 12.5. The molecule has 1 saturated heterocycles. The van der Waals surface area contributed by atoms with Crippen molar-refractivity contribution < 1.29 is 9.59 Å². The van der Waals surface area contributed by atoms with Crippen LogP contribution >= 0.6 is 11.6 Å². The molecule has 5 heteroatoms. The molecule has 130 valence electrons. The fraction of sp³-hybridized carbons (Fsp3) is 0.300. The monoisotopic (exact) mass is 356 g/mol. The van der Waals surface area contributed by atoms with Crippen molar-refractivity contribution in [3.05, 3.63) is 64.2 Å². The molecular formula is C20H21ClN2O2. The number of anilines is 1. The zero-order valence-corrected chi connectivity index (χ0v) is 15.1. The van der Waals surface area contributed by atoms with E-state index < -0.39 is 0 Å². The molecule has 2 aromatic rings. The Kier molecular flexibility index (Phi) is 5.09. The van der Waals surface area contributed by atoms with E-state index in [4.69, 9.17) is 11.6 Å². The van der Waals surface area contributed by atoms with Crippen LogP contribution in [-0.2, 0) is 16.1 Å². The number of hydrogen-bond donors (Lipinski definition) is 1. The number of aryl methyl sites for hydroxylation is 2. The lowest BCUT2D eigenvalue weighted by molar-refractivity contribution is -0.128. The second kappa shape index (κ2) is 7.28. The van der Waals surface area contributed by atoms with Gasteiger partial charge in [0.2, 0.25) is 11.8 Å². The van der Waals surface area contributed by atoms with Crippen molar-refractivity contribution in [2.45, 2.75) is 26.8 Å². The van der Waals surface area contributed by atoms with E-state index in [0.29, 0.717) is 18.1 Å². The standard InChI is InChI=1S/C20H21ClN2O2/c1-13-7-8-17(9-14(13)2)22-20(25)16-10-19(24)23(12-16)11-15-5-3-4-6-18(15)21/h3-9,16H,10-12H2,1-2H3,(H,22,25)/t16-/m1/s1. The number of nitrogens with zero attached hydrogens (tertiary/aromatic N) is 1. The van der Waals surface area contributed by atoms with Crippen LogP contribution in [0.1, 0.15) is 23.1 Å². The molecule has 1 heterocycles. The third-order valence-corrected chi connectivity index (χ3v) is 5.05. The number of rotatable bonds is 4. The van der Waals surface area contributed by atoms with E-state index in [-0.39, 0.29) is 24.2 Å². The summed E-state index contributed by atoms with van der Waals surface area (Å²) in [5.74, 6) is -0.463. The van der Waals surface area contributed by atoms with E-state index >= 15 is 0 Å². The Hall–Kier alpha value is -2.33. The number of halogens is 1. The average Bonchev–Trinajstić information content (AvgIpc) is 2.94. The van der Waals surface area contributed by atoms with Gasteiger partial charge in [-0.3, -0.25) is 9.59 Å². The molecule has 0 saturated carbocycles. The van der Waals surface area contributed by atoms with Crippen molar-refractivity contribution in [2.75, 3.05) is 11.9 Å². The number of benzene rings is 2. The first-order valence-corrected chi connectivity index (χ1v) is 8.71. The molecule has 0 radical (unpaired) electrons. The van der Waals surface area contributed by atoms with E-state index in [9.17, 15) is 9.59 Å². The van der Waals surface area contributed by atoms with Gasteiger partial charge in [0.25, 0.3) is 0 Å². The second-order valence-electron chi connectivity index (χ2n) is 6.56. The number of carbonyl (C=O) groups excluding carboxylic acids is 2. The van der Waals surface area contributed by atoms with Gasteiger partial charge in [-0.05, 0) is 48.7 Å². The van der Waals surface area contributed by atoms with Crippen molar-refractivity contribution in [3.8, 4) is 0 Å². The van der Waals surface area contributed by atoms with Crippen LogP contribution in [0.15, 0.2) is 42.5 Å². The Morgan fingerprint density at radius 3 is 2.68 bits per heavy atom. The molecule has 0 aromatic heterocycles. The summed E-state index contributed by atoms with van der Waals surface area (Å²) in [7, 11) is 0. The van der Waals surface area contributed by atoms with Crippen LogP contribution in [0.3, 0.4) is 0 Å². The largest absolute Gasteiger partial charge is 0.337 e. The molecule has 2 amide bonds. The van der Waals surface area contributed by atoms with E-state index in [0.717, 1.165) is 16.8 Å². The van der Waals surface area contributed by atoms with Gasteiger partial charge in [0, 0.05) is 30.2 Å². The van der Waals surface area contributed by atoms with Crippen LogP contribution in [0.2, 0.25) is 5.02 Å². The van der Waals surface area contributed by atoms with Crippen molar-refractivity contribution >= 4 is 29.1 Å². The topological polar surface area (TPSA) is 49.4 Å². The minimum Gasteiger partial charge on any atom is -0.337 e. The normalized spacial score (nSPS) is 17.0. The van der Waals surface area contributed by atoms with Crippen LogP contribution in [0.25, 0.3) is 0 Å². The Labute approximate surface area is 152 Å². The zero-order valence-electron chi connectivity index (χ0n) is 14.4. The van der Waals surface area contributed by atoms with Gasteiger partial charge in [-0.15, -0.1) is 0 Å². The number of hydrogen-bond acceptors (Lipinski definition) is 2. The van der Waals surface area contributed by atoms with Crippen LogP contribution in [0, 0.1) is 19.8 Å². The van der Waals surface area contributed by atoms with Crippen molar-refractivity contribution in [1.29, 1.82) is 0 Å². The number of nitrogens with one attached hydrogen (secondary N) is 1. The summed E-state index contributed by atoms with van der Waals surface area (Å²) in [6, 6.07) is 13.3. The highest BCUT2D eigenvalue weighted by atomic mass is 35.5. The highest BCUT2D eigenvalue weighted by molar-refractivity contribution is 6.31. The summed E-state index contributed by atoms with van der Waals surface area (Å²) < 4.78 is 0. The SMILES string of the molecule is Cc1ccc(NC(=O)[C@@H]2CC(=O)N(Cc3ccccc3Cl)C2)cc1C. The first kappa shape index (κ1) is 17.5. The van der Waals surface area contributed by atoms with E-state index in [2.05, 4.69) is 5.32 Å². The fourth-order valence-corrected chi connectivity index (χ4v) is 3.19. The molecule has 1 aliphatic rings. The molecule has 4 nitrogen and oxygen atoms in total. The van der Waals surface area contributed by atoms with Crippen LogP contribution < -0.4 is 5.32 Å². The van der Waals surface area contributed by atoms with Crippen LogP contribution in [-0.4, -0.2) is 23.3 Å². The number of likely N-dealkylation sites (tertiary alicyclic amines) is 1. The summed E-state index contributed by atoms with van der Waals surface area (Å²) in [5, 5.41) is 3.56. The first-order chi connectivity index (χ1) is 11.9. The average molecular weight is 357 g/mol. The van der Waals surface area contributed by atoms with E-state index in [1.807, 2.05) is 50.2 Å². The van der Waals surface area contributed by atoms with Crippen LogP contribution in [0.5, 0.6) is 0 Å². The van der Waals surface area contributed by atoms with E-state index in [1.54, 1.807) is 11.0 Å². The lowest BCUT2D eigenvalue weighted by Crippen LogP contribution is -2.28. The number of amides is 2. The third-order valence-electron chi connectivity index (χ3n) is 4.68. The summed E-state index contributed by atoms with van der Waals surface area (Å²) in [6.45, 7) is 4.89. The molecule has 0 aliphatic carbocycles. The smallest absolute Gasteiger partial charge is 0.229 e. The predicted octanol–water partition coefficient (Wildman–Crippen LogP) is 3.94. The van der Waals surface area contributed by atoms with Crippen molar-refractivity contribution in [3.63, 3.8) is 0 Å². The Bertz CT molecular complexity index is 819. The first-order valence-electron chi connectivity index (χ1n) is 8.33.